The average Bonchev–Trinajstić information content (AvgIpc) is 1.84. The van der Waals surface area contributed by atoms with Crippen LogP contribution in [-0.4, -0.2) is 22.0 Å². The first kappa shape index (κ1) is 9.03. The molecule has 4 nitrogen and oxygen atoms in total. The van der Waals surface area contributed by atoms with E-state index < -0.39 is 22.8 Å². The molecule has 0 saturated heterocycles. The summed E-state index contributed by atoms with van der Waals surface area (Å²) in [5.41, 5.74) is 0. The van der Waals surface area contributed by atoms with Gasteiger partial charge in [0.1, 0.15) is 5.92 Å². The molecule has 0 heterocycles. The molecule has 10 heavy (non-hydrogen) atoms. The van der Waals surface area contributed by atoms with Crippen molar-refractivity contribution in [3.05, 3.63) is 0 Å². The molecule has 0 aromatic carbocycles. The van der Waals surface area contributed by atoms with Crippen molar-refractivity contribution >= 4 is 29.5 Å². The Balaban J connectivity index is 4.22. The van der Waals surface area contributed by atoms with E-state index in [1.807, 2.05) is 0 Å². The van der Waals surface area contributed by atoms with E-state index in [1.54, 1.807) is 0 Å². The third-order valence-corrected chi connectivity index (χ3v) is 1.17. The molecule has 0 saturated carbocycles. The first-order chi connectivity index (χ1) is 4.46. The number of carboxylic acid groups (broad SMARTS) is 1. The molecule has 56 valence electrons. The van der Waals surface area contributed by atoms with Crippen LogP contribution in [0, 0.1) is 5.92 Å². The predicted octanol–water partition coefficient (Wildman–Crippen LogP) is -0.650. The normalized spacial score (nSPS) is 12.1. The zero-order valence-electron chi connectivity index (χ0n) is 5.16. The number of carbonyl (C=O) groups is 3. The van der Waals surface area contributed by atoms with Crippen molar-refractivity contribution in [1.29, 1.82) is 0 Å². The second kappa shape index (κ2) is 3.26. The second-order valence-electron chi connectivity index (χ2n) is 1.71. The third-order valence-electron chi connectivity index (χ3n) is 0.965. The Morgan fingerprint density at radius 1 is 1.40 bits per heavy atom. The molecule has 1 N–H and O–H groups in total. The number of hydrogen-bond acceptors (Lipinski definition) is 4. The van der Waals surface area contributed by atoms with Gasteiger partial charge in [0.15, 0.2) is 5.78 Å². The molecule has 0 aliphatic heterocycles. The SMILES string of the molecule is C[C@H](C(=O)O)C(=O)C(=O)[S-]. The zero-order valence-corrected chi connectivity index (χ0v) is 5.97. The van der Waals surface area contributed by atoms with Gasteiger partial charge in [0.2, 0.25) is 0 Å². The van der Waals surface area contributed by atoms with Crippen molar-refractivity contribution in [1.82, 2.24) is 0 Å². The van der Waals surface area contributed by atoms with E-state index in [0.29, 0.717) is 0 Å². The van der Waals surface area contributed by atoms with Crippen LogP contribution in [0.15, 0.2) is 0 Å². The van der Waals surface area contributed by atoms with E-state index in [0.717, 1.165) is 6.92 Å². The Hall–Kier alpha value is -0.970. The van der Waals surface area contributed by atoms with Crippen molar-refractivity contribution in [2.45, 2.75) is 6.92 Å². The molecule has 0 aliphatic carbocycles. The number of rotatable bonds is 3. The van der Waals surface area contributed by atoms with Crippen molar-refractivity contribution in [3.8, 4) is 0 Å². The summed E-state index contributed by atoms with van der Waals surface area (Å²) in [5.74, 6) is -3.68. The molecule has 0 unspecified atom stereocenters. The minimum Gasteiger partial charge on any atom is -0.734 e. The fourth-order valence-electron chi connectivity index (χ4n) is 0.289. The predicted molar refractivity (Wildman–Crippen MR) is 34.2 cm³/mol. The summed E-state index contributed by atoms with van der Waals surface area (Å²) < 4.78 is 0. The minimum absolute atomic E-state index is 1.04. The van der Waals surface area contributed by atoms with Crippen molar-refractivity contribution in [2.75, 3.05) is 0 Å². The molecular formula is C5H5O4S-. The molecule has 0 fully saturated rings. The Morgan fingerprint density at radius 2 is 1.80 bits per heavy atom. The summed E-state index contributed by atoms with van der Waals surface area (Å²) in [6.07, 6.45) is 0. The molecule has 0 amide bonds. The van der Waals surface area contributed by atoms with Crippen molar-refractivity contribution in [2.24, 2.45) is 5.92 Å². The fraction of sp³-hybridized carbons (Fsp3) is 0.400. The van der Waals surface area contributed by atoms with Crippen LogP contribution >= 0.6 is 0 Å². The molecule has 0 rings (SSSR count). The van der Waals surface area contributed by atoms with Crippen LogP contribution in [0.1, 0.15) is 6.92 Å². The summed E-state index contributed by atoms with van der Waals surface area (Å²) >= 11 is 3.95. The minimum atomic E-state index is -1.33. The maximum absolute atomic E-state index is 10.4. The van der Waals surface area contributed by atoms with E-state index in [4.69, 9.17) is 5.11 Å². The number of carbonyl (C=O) groups excluding carboxylic acids is 2. The molecule has 5 heteroatoms. The van der Waals surface area contributed by atoms with E-state index in [1.165, 1.54) is 0 Å². The van der Waals surface area contributed by atoms with Gasteiger partial charge in [-0.3, -0.25) is 9.59 Å². The van der Waals surface area contributed by atoms with Gasteiger partial charge in [-0.25, -0.2) is 0 Å². The van der Waals surface area contributed by atoms with Crippen LogP contribution in [0.5, 0.6) is 0 Å². The van der Waals surface area contributed by atoms with Gasteiger partial charge in [0, 0.05) is 0 Å². The maximum Gasteiger partial charge on any atom is 0.314 e. The first-order valence-electron chi connectivity index (χ1n) is 2.44. The molecular weight excluding hydrogens is 156 g/mol. The summed E-state index contributed by atoms with van der Waals surface area (Å²) in [6, 6.07) is 0. The highest BCUT2D eigenvalue weighted by Gasteiger charge is 2.20. The number of ketones is 1. The summed E-state index contributed by atoms with van der Waals surface area (Å²) in [4.78, 5) is 30.6. The largest absolute Gasteiger partial charge is 0.734 e. The third kappa shape index (κ3) is 2.10. The van der Waals surface area contributed by atoms with E-state index in [2.05, 4.69) is 12.6 Å². The van der Waals surface area contributed by atoms with Crippen LogP contribution in [-0.2, 0) is 27.0 Å². The highest BCUT2D eigenvalue weighted by atomic mass is 32.1. The van der Waals surface area contributed by atoms with Crippen molar-refractivity contribution < 1.29 is 19.5 Å². The van der Waals surface area contributed by atoms with E-state index in [-0.39, 0.29) is 0 Å². The van der Waals surface area contributed by atoms with Crippen LogP contribution in [0.25, 0.3) is 0 Å². The highest BCUT2D eigenvalue weighted by Crippen LogP contribution is 1.96. The van der Waals surface area contributed by atoms with Gasteiger partial charge in [-0.2, -0.15) is 0 Å². The zero-order chi connectivity index (χ0) is 8.31. The number of aliphatic carboxylic acids is 1. The average molecular weight is 161 g/mol. The Morgan fingerprint density at radius 3 is 1.90 bits per heavy atom. The quantitative estimate of drug-likeness (QED) is 0.338. The second-order valence-corrected chi connectivity index (χ2v) is 2.08. The lowest BCUT2D eigenvalue weighted by Gasteiger charge is -2.05. The monoisotopic (exact) mass is 161 g/mol. The number of carboxylic acids is 1. The number of hydrogen-bond donors (Lipinski definition) is 1. The summed E-state index contributed by atoms with van der Waals surface area (Å²) in [5, 5.41) is 7.05. The summed E-state index contributed by atoms with van der Waals surface area (Å²) in [6.45, 7) is 1.12. The molecule has 0 spiro atoms. The Kier molecular flexibility index (Phi) is 2.95. The highest BCUT2D eigenvalue weighted by molar-refractivity contribution is 7.80. The molecule has 0 aromatic heterocycles. The standard InChI is InChI=1S/C5H6O4S/c1-2(4(7)8)3(6)5(9)10/h2H,1H3,(H,7,8)(H,9,10)/p-1/t2-/m0/s1. The lowest BCUT2D eigenvalue weighted by Crippen LogP contribution is -2.26. The fourth-order valence-corrected chi connectivity index (χ4v) is 0.466. The molecule has 0 aliphatic rings. The van der Waals surface area contributed by atoms with Crippen LogP contribution in [0.4, 0.5) is 0 Å². The van der Waals surface area contributed by atoms with Gasteiger partial charge in [0.25, 0.3) is 0 Å². The van der Waals surface area contributed by atoms with Crippen molar-refractivity contribution in [3.63, 3.8) is 0 Å². The lowest BCUT2D eigenvalue weighted by molar-refractivity contribution is -0.147. The van der Waals surface area contributed by atoms with Gasteiger partial charge < -0.3 is 22.5 Å². The number of Topliss-reactive ketones (excluding diaryl/α,β-unsaturated/α-hetero) is 1. The van der Waals surface area contributed by atoms with Gasteiger partial charge in [-0.05, 0) is 6.92 Å². The van der Waals surface area contributed by atoms with Crippen LogP contribution < -0.4 is 0 Å². The first-order valence-corrected chi connectivity index (χ1v) is 2.85. The Labute approximate surface area is 62.6 Å². The molecule has 1 atom stereocenters. The van der Waals surface area contributed by atoms with Gasteiger partial charge in [-0.1, -0.05) is 0 Å². The molecule has 0 aromatic rings. The van der Waals surface area contributed by atoms with E-state index in [9.17, 15) is 14.4 Å². The van der Waals surface area contributed by atoms with Crippen LogP contribution in [0.2, 0.25) is 0 Å². The molecule has 0 radical (unpaired) electrons. The topological polar surface area (TPSA) is 71.4 Å². The van der Waals surface area contributed by atoms with Gasteiger partial charge >= 0.3 is 5.97 Å². The van der Waals surface area contributed by atoms with Gasteiger partial charge in [-0.15, -0.1) is 0 Å². The van der Waals surface area contributed by atoms with Crippen LogP contribution in [0.3, 0.4) is 0 Å². The lowest BCUT2D eigenvalue weighted by atomic mass is 10.1. The summed E-state index contributed by atoms with van der Waals surface area (Å²) in [7, 11) is 0. The van der Waals surface area contributed by atoms with E-state index >= 15 is 0 Å². The smallest absolute Gasteiger partial charge is 0.314 e. The molecule has 0 bridgehead atoms. The van der Waals surface area contributed by atoms with Gasteiger partial charge in [0.05, 0.1) is 5.12 Å². The maximum atomic E-state index is 10.4. The Bertz CT molecular complexity index is 186.